The van der Waals surface area contributed by atoms with Gasteiger partial charge in [0.1, 0.15) is 6.54 Å². The zero-order valence-corrected chi connectivity index (χ0v) is 18.4. The van der Waals surface area contributed by atoms with Crippen LogP contribution in [-0.4, -0.2) is 39.7 Å². The van der Waals surface area contributed by atoms with Crippen LogP contribution in [0.15, 0.2) is 54.6 Å². The summed E-state index contributed by atoms with van der Waals surface area (Å²) in [5, 5.41) is 2.88. The zero-order valence-electron chi connectivity index (χ0n) is 18.4. The van der Waals surface area contributed by atoms with Crippen molar-refractivity contribution in [3.63, 3.8) is 0 Å². The molecule has 32 heavy (non-hydrogen) atoms. The van der Waals surface area contributed by atoms with Crippen LogP contribution in [0.5, 0.6) is 17.2 Å². The predicted molar refractivity (Wildman–Crippen MR) is 123 cm³/mol. The molecular weight excluding hydrogens is 408 g/mol. The van der Waals surface area contributed by atoms with Gasteiger partial charge in [0.05, 0.1) is 32.7 Å². The highest BCUT2D eigenvalue weighted by atomic mass is 16.5. The maximum Gasteiger partial charge on any atom is 0.259 e. The van der Waals surface area contributed by atoms with Crippen LogP contribution < -0.4 is 24.4 Å². The number of nitrogens with zero attached hydrogens (tertiary/aromatic N) is 1. The Morgan fingerprint density at radius 3 is 2.22 bits per heavy atom. The molecule has 0 spiro atoms. The second-order valence-electron chi connectivity index (χ2n) is 7.45. The standard InChI is InChI=1S/C25H24N2O5/c1-15-6-5-7-16(10-15)17-8-9-20-19(11-17)26-23(28)14-27(20)25(29)18-12-21(30-2)24(32-4)22(13-18)31-3/h5-13H,14H2,1-4H3,(H,26,28). The quantitative estimate of drug-likeness (QED) is 0.651. The van der Waals surface area contributed by atoms with Gasteiger partial charge in [0.2, 0.25) is 11.7 Å². The highest BCUT2D eigenvalue weighted by Gasteiger charge is 2.29. The summed E-state index contributed by atoms with van der Waals surface area (Å²) in [6.07, 6.45) is 0. The van der Waals surface area contributed by atoms with Crippen molar-refractivity contribution >= 4 is 23.2 Å². The van der Waals surface area contributed by atoms with Gasteiger partial charge in [0, 0.05) is 5.56 Å². The van der Waals surface area contributed by atoms with E-state index in [9.17, 15) is 9.59 Å². The summed E-state index contributed by atoms with van der Waals surface area (Å²) in [6, 6.07) is 16.9. The number of amides is 2. The summed E-state index contributed by atoms with van der Waals surface area (Å²) in [7, 11) is 4.48. The first-order valence-electron chi connectivity index (χ1n) is 10.1. The summed E-state index contributed by atoms with van der Waals surface area (Å²) in [5.41, 5.74) is 4.66. The van der Waals surface area contributed by atoms with Crippen molar-refractivity contribution in [2.75, 3.05) is 38.1 Å². The Hall–Kier alpha value is -4.00. The molecule has 1 aliphatic rings. The van der Waals surface area contributed by atoms with Gasteiger partial charge >= 0.3 is 0 Å². The fraction of sp³-hybridized carbons (Fsp3) is 0.200. The lowest BCUT2D eigenvalue weighted by atomic mass is 10.0. The second kappa shape index (κ2) is 8.63. The number of rotatable bonds is 5. The Morgan fingerprint density at radius 1 is 0.906 bits per heavy atom. The van der Waals surface area contributed by atoms with E-state index in [1.165, 1.54) is 26.2 Å². The molecule has 0 radical (unpaired) electrons. The fourth-order valence-corrected chi connectivity index (χ4v) is 3.84. The molecule has 1 heterocycles. The Balaban J connectivity index is 1.75. The third-order valence-corrected chi connectivity index (χ3v) is 5.37. The van der Waals surface area contributed by atoms with E-state index in [0.29, 0.717) is 34.2 Å². The first-order chi connectivity index (χ1) is 15.4. The number of hydrogen-bond donors (Lipinski definition) is 1. The number of anilines is 2. The predicted octanol–water partition coefficient (Wildman–Crippen LogP) is 4.29. The second-order valence-corrected chi connectivity index (χ2v) is 7.45. The molecule has 3 aromatic carbocycles. The lowest BCUT2D eigenvalue weighted by Crippen LogP contribution is -2.42. The molecule has 2 amide bonds. The number of fused-ring (bicyclic) bond motifs is 1. The first kappa shape index (κ1) is 21.2. The number of ether oxygens (including phenoxy) is 3. The van der Waals surface area contributed by atoms with Crippen molar-refractivity contribution in [2.45, 2.75) is 6.92 Å². The Kier molecular flexibility index (Phi) is 5.73. The van der Waals surface area contributed by atoms with Crippen molar-refractivity contribution < 1.29 is 23.8 Å². The van der Waals surface area contributed by atoms with Gasteiger partial charge < -0.3 is 19.5 Å². The van der Waals surface area contributed by atoms with Crippen molar-refractivity contribution in [3.05, 3.63) is 65.7 Å². The number of methoxy groups -OCH3 is 3. The highest BCUT2D eigenvalue weighted by Crippen LogP contribution is 2.40. The summed E-state index contributed by atoms with van der Waals surface area (Å²) >= 11 is 0. The molecule has 7 heteroatoms. The van der Waals surface area contributed by atoms with Crippen molar-refractivity contribution in [2.24, 2.45) is 0 Å². The Labute approximate surface area is 186 Å². The fourth-order valence-electron chi connectivity index (χ4n) is 3.84. The molecule has 0 aromatic heterocycles. The van der Waals surface area contributed by atoms with Gasteiger partial charge in [0.15, 0.2) is 11.5 Å². The van der Waals surface area contributed by atoms with Gasteiger partial charge in [0.25, 0.3) is 5.91 Å². The average molecular weight is 432 g/mol. The van der Waals surface area contributed by atoms with Crippen LogP contribution in [0, 0.1) is 6.92 Å². The van der Waals surface area contributed by atoms with E-state index in [1.54, 1.807) is 12.1 Å². The lowest BCUT2D eigenvalue weighted by molar-refractivity contribution is -0.115. The number of aryl methyl sites for hydroxylation is 1. The Morgan fingerprint density at radius 2 is 1.59 bits per heavy atom. The summed E-state index contributed by atoms with van der Waals surface area (Å²) in [4.78, 5) is 27.3. The molecule has 0 aliphatic carbocycles. The Bertz CT molecular complexity index is 1180. The van der Waals surface area contributed by atoms with E-state index in [1.807, 2.05) is 43.3 Å². The lowest BCUT2D eigenvalue weighted by Gasteiger charge is -2.30. The van der Waals surface area contributed by atoms with E-state index in [4.69, 9.17) is 14.2 Å². The van der Waals surface area contributed by atoms with Crippen LogP contribution in [-0.2, 0) is 4.79 Å². The molecule has 0 fully saturated rings. The number of benzene rings is 3. The van der Waals surface area contributed by atoms with E-state index in [0.717, 1.165) is 16.7 Å². The van der Waals surface area contributed by atoms with Gasteiger partial charge in [-0.15, -0.1) is 0 Å². The smallest absolute Gasteiger partial charge is 0.259 e. The summed E-state index contributed by atoms with van der Waals surface area (Å²) in [5.74, 6) is 0.521. The zero-order chi connectivity index (χ0) is 22.8. The number of nitrogens with one attached hydrogen (secondary N) is 1. The summed E-state index contributed by atoms with van der Waals surface area (Å²) < 4.78 is 16.1. The molecule has 3 aromatic rings. The monoisotopic (exact) mass is 432 g/mol. The number of carbonyl (C=O) groups is 2. The minimum Gasteiger partial charge on any atom is -0.493 e. The van der Waals surface area contributed by atoms with Crippen LogP contribution in [0.2, 0.25) is 0 Å². The van der Waals surface area contributed by atoms with Crippen LogP contribution in [0.1, 0.15) is 15.9 Å². The minimum atomic E-state index is -0.344. The molecule has 0 saturated heterocycles. The molecule has 7 nitrogen and oxygen atoms in total. The molecule has 0 bridgehead atoms. The average Bonchev–Trinajstić information content (AvgIpc) is 2.81. The minimum absolute atomic E-state index is 0.0910. The largest absolute Gasteiger partial charge is 0.493 e. The van der Waals surface area contributed by atoms with Gasteiger partial charge in [-0.3, -0.25) is 14.5 Å². The molecule has 4 rings (SSSR count). The van der Waals surface area contributed by atoms with E-state index in [2.05, 4.69) is 11.4 Å². The van der Waals surface area contributed by atoms with Crippen LogP contribution >= 0.6 is 0 Å². The summed E-state index contributed by atoms with van der Waals surface area (Å²) in [6.45, 7) is 1.94. The van der Waals surface area contributed by atoms with Gasteiger partial charge in [-0.1, -0.05) is 35.9 Å². The van der Waals surface area contributed by atoms with Gasteiger partial charge in [-0.25, -0.2) is 0 Å². The highest BCUT2D eigenvalue weighted by molar-refractivity contribution is 6.15. The molecule has 1 aliphatic heterocycles. The van der Waals surface area contributed by atoms with Crippen LogP contribution in [0.4, 0.5) is 11.4 Å². The third kappa shape index (κ3) is 3.85. The molecular formula is C25H24N2O5. The molecule has 0 saturated carbocycles. The van der Waals surface area contributed by atoms with E-state index < -0.39 is 0 Å². The van der Waals surface area contributed by atoms with E-state index in [-0.39, 0.29) is 18.4 Å². The SMILES string of the molecule is COc1cc(C(=O)N2CC(=O)Nc3cc(-c4cccc(C)c4)ccc32)cc(OC)c1OC. The van der Waals surface area contributed by atoms with Gasteiger partial charge in [-0.05, 0) is 42.3 Å². The maximum absolute atomic E-state index is 13.4. The van der Waals surface area contributed by atoms with E-state index >= 15 is 0 Å². The molecule has 0 unspecified atom stereocenters. The maximum atomic E-state index is 13.4. The van der Waals surface area contributed by atoms with Crippen molar-refractivity contribution in [3.8, 4) is 28.4 Å². The third-order valence-electron chi connectivity index (χ3n) is 5.37. The topological polar surface area (TPSA) is 77.1 Å². The number of carbonyl (C=O) groups excluding carboxylic acids is 2. The van der Waals surface area contributed by atoms with Gasteiger partial charge in [-0.2, -0.15) is 0 Å². The first-order valence-corrected chi connectivity index (χ1v) is 10.1. The molecule has 0 atom stereocenters. The van der Waals surface area contributed by atoms with Crippen molar-refractivity contribution in [1.29, 1.82) is 0 Å². The van der Waals surface area contributed by atoms with Crippen LogP contribution in [0.3, 0.4) is 0 Å². The van der Waals surface area contributed by atoms with Crippen molar-refractivity contribution in [1.82, 2.24) is 0 Å². The molecule has 164 valence electrons. The normalized spacial score (nSPS) is 12.6. The van der Waals surface area contributed by atoms with Crippen LogP contribution in [0.25, 0.3) is 11.1 Å². The number of hydrogen-bond acceptors (Lipinski definition) is 5. The molecule has 1 N–H and O–H groups in total.